The lowest BCUT2D eigenvalue weighted by Gasteiger charge is -2.24. The molecular weight excluding hydrogens is 380 g/mol. The number of amides is 2. The van der Waals surface area contributed by atoms with Crippen molar-refractivity contribution >= 4 is 23.6 Å². The number of carbonyl (C=O) groups excluding carboxylic acids is 2. The van der Waals surface area contributed by atoms with Crippen LogP contribution >= 0.6 is 11.8 Å². The van der Waals surface area contributed by atoms with Crippen molar-refractivity contribution in [2.45, 2.75) is 56.5 Å². The van der Waals surface area contributed by atoms with Gasteiger partial charge in [-0.15, -0.1) is 11.8 Å². The van der Waals surface area contributed by atoms with Crippen molar-refractivity contribution < 1.29 is 9.59 Å². The molecular formula is C24H28N2O2S. The molecule has 1 saturated carbocycles. The lowest BCUT2D eigenvalue weighted by molar-refractivity contribution is -0.128. The van der Waals surface area contributed by atoms with Crippen molar-refractivity contribution in [2.75, 3.05) is 5.75 Å². The van der Waals surface area contributed by atoms with Crippen LogP contribution < -0.4 is 5.32 Å². The molecule has 1 aliphatic heterocycles. The first-order valence-electron chi connectivity index (χ1n) is 10.6. The number of rotatable bonds is 5. The average molecular weight is 409 g/mol. The zero-order chi connectivity index (χ0) is 20.1. The fourth-order valence-electron chi connectivity index (χ4n) is 4.17. The number of hydrogen-bond acceptors (Lipinski definition) is 3. The number of thioether (sulfide) groups is 1. The van der Waals surface area contributed by atoms with E-state index in [9.17, 15) is 9.59 Å². The van der Waals surface area contributed by atoms with Crippen LogP contribution in [0.5, 0.6) is 0 Å². The largest absolute Gasteiger partial charge is 0.349 e. The number of carbonyl (C=O) groups is 2. The SMILES string of the molecule is O=C(NC1CCCCCC1)c1ccc([C@H]2SCC(=O)N2Cc2ccccc2)cc1. The number of nitrogens with one attached hydrogen (secondary N) is 1. The summed E-state index contributed by atoms with van der Waals surface area (Å²) in [7, 11) is 0. The molecule has 1 atom stereocenters. The fourth-order valence-corrected chi connectivity index (χ4v) is 5.36. The van der Waals surface area contributed by atoms with Crippen LogP contribution in [0.2, 0.25) is 0 Å². The first-order chi connectivity index (χ1) is 14.2. The Morgan fingerprint density at radius 3 is 2.34 bits per heavy atom. The van der Waals surface area contributed by atoms with Crippen LogP contribution in [-0.4, -0.2) is 28.5 Å². The van der Waals surface area contributed by atoms with Gasteiger partial charge in [-0.25, -0.2) is 0 Å². The third-order valence-electron chi connectivity index (χ3n) is 5.81. The highest BCUT2D eigenvalue weighted by Crippen LogP contribution is 2.39. The maximum atomic E-state index is 12.6. The van der Waals surface area contributed by atoms with Crippen LogP contribution in [0.3, 0.4) is 0 Å². The molecule has 1 N–H and O–H groups in total. The van der Waals surface area contributed by atoms with Gasteiger partial charge in [-0.05, 0) is 36.1 Å². The minimum atomic E-state index is 0.00155. The van der Waals surface area contributed by atoms with Crippen molar-refractivity contribution in [2.24, 2.45) is 0 Å². The third kappa shape index (κ3) is 5.02. The van der Waals surface area contributed by atoms with Gasteiger partial charge in [-0.2, -0.15) is 0 Å². The van der Waals surface area contributed by atoms with E-state index in [1.165, 1.54) is 25.7 Å². The second-order valence-corrected chi connectivity index (χ2v) is 9.02. The van der Waals surface area contributed by atoms with E-state index in [1.807, 2.05) is 59.5 Å². The molecule has 0 bridgehead atoms. The summed E-state index contributed by atoms with van der Waals surface area (Å²) in [6.07, 6.45) is 7.12. The quantitative estimate of drug-likeness (QED) is 0.715. The van der Waals surface area contributed by atoms with Gasteiger partial charge >= 0.3 is 0 Å². The first kappa shape index (κ1) is 20.0. The summed E-state index contributed by atoms with van der Waals surface area (Å²) < 4.78 is 0. The summed E-state index contributed by atoms with van der Waals surface area (Å²) in [6.45, 7) is 0.612. The zero-order valence-electron chi connectivity index (χ0n) is 16.7. The Bertz CT molecular complexity index is 830. The normalized spacial score (nSPS) is 20.5. The predicted octanol–water partition coefficient (Wildman–Crippen LogP) is 4.91. The monoisotopic (exact) mass is 408 g/mol. The highest BCUT2D eigenvalue weighted by Gasteiger charge is 2.32. The molecule has 4 nitrogen and oxygen atoms in total. The van der Waals surface area contributed by atoms with Crippen LogP contribution in [0.1, 0.15) is 65.4 Å². The molecule has 2 amide bonds. The molecule has 4 rings (SSSR count). The van der Waals surface area contributed by atoms with Gasteiger partial charge in [0.2, 0.25) is 5.91 Å². The number of benzene rings is 2. The molecule has 152 valence electrons. The summed E-state index contributed by atoms with van der Waals surface area (Å²) in [6, 6.07) is 18.2. The summed E-state index contributed by atoms with van der Waals surface area (Å²) in [5.74, 6) is 0.681. The van der Waals surface area contributed by atoms with Gasteiger partial charge in [0.05, 0.1) is 5.75 Å². The molecule has 2 aromatic carbocycles. The maximum absolute atomic E-state index is 12.6. The Labute approximate surface area is 177 Å². The summed E-state index contributed by atoms with van der Waals surface area (Å²) in [5.41, 5.74) is 2.90. The molecule has 0 radical (unpaired) electrons. The topological polar surface area (TPSA) is 49.4 Å². The van der Waals surface area contributed by atoms with Crippen molar-refractivity contribution in [1.82, 2.24) is 10.2 Å². The molecule has 2 aliphatic rings. The smallest absolute Gasteiger partial charge is 0.251 e. The fraction of sp³-hybridized carbons (Fsp3) is 0.417. The van der Waals surface area contributed by atoms with E-state index in [0.717, 1.165) is 24.0 Å². The second kappa shape index (κ2) is 9.49. The lowest BCUT2D eigenvalue weighted by atomic mass is 10.1. The van der Waals surface area contributed by atoms with Gasteiger partial charge in [-0.3, -0.25) is 9.59 Å². The van der Waals surface area contributed by atoms with Gasteiger partial charge in [-0.1, -0.05) is 68.1 Å². The van der Waals surface area contributed by atoms with E-state index in [4.69, 9.17) is 0 Å². The summed E-state index contributed by atoms with van der Waals surface area (Å²) >= 11 is 1.65. The Balaban J connectivity index is 1.42. The van der Waals surface area contributed by atoms with E-state index >= 15 is 0 Å². The van der Waals surface area contributed by atoms with Gasteiger partial charge in [0.25, 0.3) is 5.91 Å². The molecule has 1 heterocycles. The van der Waals surface area contributed by atoms with Crippen molar-refractivity contribution in [3.8, 4) is 0 Å². The summed E-state index contributed by atoms with van der Waals surface area (Å²) in [5, 5.41) is 3.21. The van der Waals surface area contributed by atoms with Gasteiger partial charge in [0.1, 0.15) is 5.37 Å². The average Bonchev–Trinajstić information content (AvgIpc) is 2.93. The Hall–Kier alpha value is -2.27. The van der Waals surface area contributed by atoms with Crippen molar-refractivity contribution in [3.63, 3.8) is 0 Å². The molecule has 1 aliphatic carbocycles. The van der Waals surface area contributed by atoms with Crippen molar-refractivity contribution in [3.05, 3.63) is 71.3 Å². The van der Waals surface area contributed by atoms with E-state index in [2.05, 4.69) is 5.32 Å². The van der Waals surface area contributed by atoms with Crippen LogP contribution in [0.15, 0.2) is 54.6 Å². The summed E-state index contributed by atoms with van der Waals surface area (Å²) in [4.78, 5) is 27.0. The second-order valence-electron chi connectivity index (χ2n) is 7.95. The molecule has 2 fully saturated rings. The van der Waals surface area contributed by atoms with Crippen LogP contribution in [-0.2, 0) is 11.3 Å². The van der Waals surface area contributed by atoms with E-state index in [-0.39, 0.29) is 17.2 Å². The molecule has 2 aromatic rings. The van der Waals surface area contributed by atoms with E-state index in [1.54, 1.807) is 11.8 Å². The van der Waals surface area contributed by atoms with Crippen LogP contribution in [0, 0.1) is 0 Å². The highest BCUT2D eigenvalue weighted by molar-refractivity contribution is 8.00. The molecule has 1 saturated heterocycles. The van der Waals surface area contributed by atoms with Crippen molar-refractivity contribution in [1.29, 1.82) is 0 Å². The first-order valence-corrected chi connectivity index (χ1v) is 11.6. The Morgan fingerprint density at radius 2 is 1.66 bits per heavy atom. The number of nitrogens with zero attached hydrogens (tertiary/aromatic N) is 1. The van der Waals surface area contributed by atoms with Crippen LogP contribution in [0.25, 0.3) is 0 Å². The van der Waals surface area contributed by atoms with Crippen LogP contribution in [0.4, 0.5) is 0 Å². The highest BCUT2D eigenvalue weighted by atomic mass is 32.2. The van der Waals surface area contributed by atoms with Gasteiger partial charge < -0.3 is 10.2 Å². The van der Waals surface area contributed by atoms with E-state index in [0.29, 0.717) is 23.9 Å². The minimum absolute atomic E-state index is 0.00155. The molecule has 5 heteroatoms. The van der Waals surface area contributed by atoms with E-state index < -0.39 is 0 Å². The number of hydrogen-bond donors (Lipinski definition) is 1. The standard InChI is InChI=1S/C24H28N2O2S/c27-22-17-29-24(26(22)16-18-8-4-3-5-9-18)20-14-12-19(13-15-20)23(28)25-21-10-6-1-2-7-11-21/h3-5,8-9,12-15,21,24H,1-2,6-7,10-11,16-17H2,(H,25,28)/t24-/m1/s1. The Morgan fingerprint density at radius 1 is 0.966 bits per heavy atom. The molecule has 0 spiro atoms. The molecule has 29 heavy (non-hydrogen) atoms. The predicted molar refractivity (Wildman–Crippen MR) is 118 cm³/mol. The molecule has 0 unspecified atom stereocenters. The van der Waals surface area contributed by atoms with Gasteiger partial charge in [0.15, 0.2) is 0 Å². The Kier molecular flexibility index (Phi) is 6.55. The maximum Gasteiger partial charge on any atom is 0.251 e. The minimum Gasteiger partial charge on any atom is -0.349 e. The molecule has 0 aromatic heterocycles. The lowest BCUT2D eigenvalue weighted by Crippen LogP contribution is -2.34. The zero-order valence-corrected chi connectivity index (χ0v) is 17.5. The third-order valence-corrected chi connectivity index (χ3v) is 7.07. The van der Waals surface area contributed by atoms with Gasteiger partial charge in [0, 0.05) is 18.2 Å².